The Morgan fingerprint density at radius 1 is 1.53 bits per heavy atom. The van der Waals surface area contributed by atoms with Crippen molar-refractivity contribution in [3.05, 3.63) is 42.5 Å². The van der Waals surface area contributed by atoms with E-state index in [-0.39, 0.29) is 0 Å². The molecule has 2 rings (SSSR count). The van der Waals surface area contributed by atoms with E-state index in [2.05, 4.69) is 49.2 Å². The second-order valence-corrected chi connectivity index (χ2v) is 4.30. The number of rotatable bonds is 4. The highest BCUT2D eigenvalue weighted by molar-refractivity contribution is 5.56. The average Bonchev–Trinajstić information content (AvgIpc) is 2.69. The number of hydrogen-bond acceptors (Lipinski definition) is 1. The first kappa shape index (κ1) is 10.3. The predicted octanol–water partition coefficient (Wildman–Crippen LogP) is 3.63. The maximum atomic E-state index is 3.95. The van der Waals surface area contributed by atoms with Crippen LogP contribution in [0.15, 0.2) is 36.9 Å². The summed E-state index contributed by atoms with van der Waals surface area (Å²) in [6.45, 7) is 6.18. The van der Waals surface area contributed by atoms with Crippen LogP contribution in [0.25, 0.3) is 0 Å². The predicted molar refractivity (Wildman–Crippen MR) is 66.2 cm³/mol. The van der Waals surface area contributed by atoms with E-state index in [9.17, 15) is 0 Å². The molecule has 0 unspecified atom stereocenters. The molecule has 2 atom stereocenters. The topological polar surface area (TPSA) is 12.0 Å². The average molecular weight is 201 g/mol. The summed E-state index contributed by atoms with van der Waals surface area (Å²) in [4.78, 5) is 0. The third-order valence-corrected chi connectivity index (χ3v) is 3.24. The van der Waals surface area contributed by atoms with Crippen molar-refractivity contribution in [3.8, 4) is 0 Å². The molecule has 1 aromatic rings. The molecule has 1 aliphatic rings. The molecule has 15 heavy (non-hydrogen) atoms. The standard InChI is InChI=1S/C14H19N/c1-3-7-11(4-2)14-10-12-8-5-6-9-13(12)15-14/h4-6,8-9,11,14-15H,2-3,7,10H2,1H3/t11-,14-/m0/s1. The van der Waals surface area contributed by atoms with Gasteiger partial charge in [0, 0.05) is 11.7 Å². The van der Waals surface area contributed by atoms with Crippen molar-refractivity contribution in [2.24, 2.45) is 5.92 Å². The Hall–Kier alpha value is -1.24. The van der Waals surface area contributed by atoms with E-state index in [1.807, 2.05) is 0 Å². The van der Waals surface area contributed by atoms with Crippen LogP contribution in [-0.4, -0.2) is 6.04 Å². The van der Waals surface area contributed by atoms with Crippen LogP contribution in [0, 0.1) is 5.92 Å². The molecule has 0 spiro atoms. The Bertz CT molecular complexity index is 318. The van der Waals surface area contributed by atoms with Crippen LogP contribution < -0.4 is 5.32 Å². The Morgan fingerprint density at radius 3 is 3.00 bits per heavy atom. The zero-order chi connectivity index (χ0) is 10.7. The highest BCUT2D eigenvalue weighted by Crippen LogP contribution is 2.30. The zero-order valence-electron chi connectivity index (χ0n) is 9.37. The van der Waals surface area contributed by atoms with E-state index < -0.39 is 0 Å². The van der Waals surface area contributed by atoms with Crippen LogP contribution in [0.5, 0.6) is 0 Å². The van der Waals surface area contributed by atoms with Crippen molar-refractivity contribution in [3.63, 3.8) is 0 Å². The molecule has 0 fully saturated rings. The van der Waals surface area contributed by atoms with Crippen LogP contribution >= 0.6 is 0 Å². The molecule has 0 bridgehead atoms. The van der Waals surface area contributed by atoms with Crippen molar-refractivity contribution in [2.45, 2.75) is 32.2 Å². The maximum absolute atomic E-state index is 3.95. The van der Waals surface area contributed by atoms with Crippen molar-refractivity contribution in [1.29, 1.82) is 0 Å². The molecule has 1 nitrogen and oxygen atoms in total. The molecule has 0 aliphatic carbocycles. The number of fused-ring (bicyclic) bond motifs is 1. The van der Waals surface area contributed by atoms with Gasteiger partial charge in [-0.05, 0) is 30.4 Å². The summed E-state index contributed by atoms with van der Waals surface area (Å²) < 4.78 is 0. The summed E-state index contributed by atoms with van der Waals surface area (Å²) in [5.74, 6) is 0.599. The van der Waals surface area contributed by atoms with Gasteiger partial charge in [0.05, 0.1) is 0 Å². The minimum atomic E-state index is 0.555. The maximum Gasteiger partial charge on any atom is 0.0375 e. The summed E-state index contributed by atoms with van der Waals surface area (Å²) in [5.41, 5.74) is 2.76. The Kier molecular flexibility index (Phi) is 3.10. The van der Waals surface area contributed by atoms with Crippen LogP contribution in [0.2, 0.25) is 0 Å². The number of nitrogens with one attached hydrogen (secondary N) is 1. The number of anilines is 1. The van der Waals surface area contributed by atoms with E-state index in [1.54, 1.807) is 0 Å². The van der Waals surface area contributed by atoms with E-state index >= 15 is 0 Å². The lowest BCUT2D eigenvalue weighted by Crippen LogP contribution is -2.25. The molecular weight excluding hydrogens is 182 g/mol. The third kappa shape index (κ3) is 2.06. The lowest BCUT2D eigenvalue weighted by Gasteiger charge is -2.20. The summed E-state index contributed by atoms with van der Waals surface area (Å²) >= 11 is 0. The molecule has 1 N–H and O–H groups in total. The number of para-hydroxylation sites is 1. The lowest BCUT2D eigenvalue weighted by atomic mass is 9.93. The summed E-state index contributed by atoms with van der Waals surface area (Å²) in [6.07, 6.45) is 5.71. The molecule has 1 aromatic carbocycles. The fraction of sp³-hybridized carbons (Fsp3) is 0.429. The zero-order valence-corrected chi connectivity index (χ0v) is 9.37. The first-order valence-electron chi connectivity index (χ1n) is 5.82. The van der Waals surface area contributed by atoms with Gasteiger partial charge in [0.15, 0.2) is 0 Å². The van der Waals surface area contributed by atoms with Gasteiger partial charge in [0.2, 0.25) is 0 Å². The molecule has 1 aliphatic heterocycles. The highest BCUT2D eigenvalue weighted by atomic mass is 15.0. The van der Waals surface area contributed by atoms with Gasteiger partial charge in [-0.3, -0.25) is 0 Å². The van der Waals surface area contributed by atoms with Gasteiger partial charge in [-0.15, -0.1) is 6.58 Å². The van der Waals surface area contributed by atoms with Crippen molar-refractivity contribution >= 4 is 5.69 Å². The fourth-order valence-electron chi connectivity index (χ4n) is 2.40. The van der Waals surface area contributed by atoms with Gasteiger partial charge in [0.25, 0.3) is 0 Å². The molecule has 0 radical (unpaired) electrons. The molecule has 0 saturated heterocycles. The molecule has 0 aromatic heterocycles. The van der Waals surface area contributed by atoms with Crippen LogP contribution in [-0.2, 0) is 6.42 Å². The SMILES string of the molecule is C=C[C@@H](CCC)[C@@H]1Cc2ccccc2N1. The van der Waals surface area contributed by atoms with Crippen LogP contribution in [0.1, 0.15) is 25.3 Å². The van der Waals surface area contributed by atoms with Gasteiger partial charge in [-0.25, -0.2) is 0 Å². The van der Waals surface area contributed by atoms with E-state index in [0.29, 0.717) is 12.0 Å². The third-order valence-electron chi connectivity index (χ3n) is 3.24. The smallest absolute Gasteiger partial charge is 0.0375 e. The van der Waals surface area contributed by atoms with Gasteiger partial charge in [-0.1, -0.05) is 37.6 Å². The van der Waals surface area contributed by atoms with E-state index in [4.69, 9.17) is 0 Å². The molecule has 0 saturated carbocycles. The van der Waals surface area contributed by atoms with Gasteiger partial charge >= 0.3 is 0 Å². The number of hydrogen-bond donors (Lipinski definition) is 1. The molecule has 1 heterocycles. The first-order valence-corrected chi connectivity index (χ1v) is 5.82. The first-order chi connectivity index (χ1) is 7.35. The Labute approximate surface area is 92.2 Å². The normalized spacial score (nSPS) is 20.5. The summed E-state index contributed by atoms with van der Waals surface area (Å²) in [6, 6.07) is 9.15. The van der Waals surface area contributed by atoms with Gasteiger partial charge in [0.1, 0.15) is 0 Å². The van der Waals surface area contributed by atoms with Crippen LogP contribution in [0.3, 0.4) is 0 Å². The molecule has 1 heteroatoms. The lowest BCUT2D eigenvalue weighted by molar-refractivity contribution is 0.501. The quantitative estimate of drug-likeness (QED) is 0.733. The number of benzene rings is 1. The minimum Gasteiger partial charge on any atom is -0.381 e. The van der Waals surface area contributed by atoms with E-state index in [0.717, 1.165) is 6.42 Å². The Balaban J connectivity index is 2.08. The van der Waals surface area contributed by atoms with E-state index in [1.165, 1.54) is 24.1 Å². The summed E-state index contributed by atoms with van der Waals surface area (Å²) in [7, 11) is 0. The highest BCUT2D eigenvalue weighted by Gasteiger charge is 2.25. The van der Waals surface area contributed by atoms with Crippen molar-refractivity contribution in [2.75, 3.05) is 5.32 Å². The van der Waals surface area contributed by atoms with Crippen molar-refractivity contribution in [1.82, 2.24) is 0 Å². The molecule has 0 amide bonds. The second-order valence-electron chi connectivity index (χ2n) is 4.30. The minimum absolute atomic E-state index is 0.555. The largest absolute Gasteiger partial charge is 0.381 e. The van der Waals surface area contributed by atoms with Crippen LogP contribution in [0.4, 0.5) is 5.69 Å². The summed E-state index contributed by atoms with van der Waals surface area (Å²) in [5, 5.41) is 3.60. The monoisotopic (exact) mass is 201 g/mol. The second kappa shape index (κ2) is 4.52. The van der Waals surface area contributed by atoms with Gasteiger partial charge in [-0.2, -0.15) is 0 Å². The molecule has 80 valence electrons. The van der Waals surface area contributed by atoms with Crippen molar-refractivity contribution < 1.29 is 0 Å². The fourth-order valence-corrected chi connectivity index (χ4v) is 2.40. The van der Waals surface area contributed by atoms with Gasteiger partial charge < -0.3 is 5.32 Å². The molecular formula is C14H19N. The Morgan fingerprint density at radius 2 is 2.33 bits per heavy atom.